The molecule has 0 atom stereocenters. The van der Waals surface area contributed by atoms with E-state index >= 15 is 0 Å². The Kier molecular flexibility index (Phi) is 3.24. The predicted molar refractivity (Wildman–Crippen MR) is 68.1 cm³/mol. The Hall–Kier alpha value is -1.68. The van der Waals surface area contributed by atoms with Gasteiger partial charge in [-0.05, 0) is 25.1 Å². The summed E-state index contributed by atoms with van der Waals surface area (Å²) in [6.45, 7) is 4.93. The van der Waals surface area contributed by atoms with Gasteiger partial charge in [0.1, 0.15) is 0 Å². The maximum Gasteiger partial charge on any atom is 0.0888 e. The highest BCUT2D eigenvalue weighted by Crippen LogP contribution is 2.24. The number of rotatable bonds is 4. The van der Waals surface area contributed by atoms with Gasteiger partial charge in [0, 0.05) is 5.41 Å². The molecule has 1 aromatic carbocycles. The second-order valence-corrected chi connectivity index (χ2v) is 4.81. The number of aromatic nitrogens is 3. The maximum absolute atomic E-state index is 5.61. The van der Waals surface area contributed by atoms with Crippen LogP contribution in [0, 0.1) is 0 Å². The first-order valence-electron chi connectivity index (χ1n) is 5.82. The fraction of sp³-hybridized carbons (Fsp3) is 0.385. The number of hydrogen-bond donors (Lipinski definition) is 1. The molecule has 17 heavy (non-hydrogen) atoms. The summed E-state index contributed by atoms with van der Waals surface area (Å²) >= 11 is 0. The van der Waals surface area contributed by atoms with Crippen LogP contribution in [0.4, 0.5) is 0 Å². The minimum absolute atomic E-state index is 0.0260. The van der Waals surface area contributed by atoms with Gasteiger partial charge in [-0.15, -0.1) is 5.10 Å². The molecule has 4 nitrogen and oxygen atoms in total. The van der Waals surface area contributed by atoms with Crippen LogP contribution in [0.25, 0.3) is 5.69 Å². The molecule has 0 bridgehead atoms. The molecular formula is C13H18N4. The molecule has 0 aliphatic rings. The van der Waals surface area contributed by atoms with Crippen molar-refractivity contribution in [2.24, 2.45) is 5.73 Å². The minimum Gasteiger partial charge on any atom is -0.330 e. The van der Waals surface area contributed by atoms with Gasteiger partial charge in [0.25, 0.3) is 0 Å². The molecule has 0 fully saturated rings. The Balaban J connectivity index is 2.28. The van der Waals surface area contributed by atoms with Gasteiger partial charge in [0.2, 0.25) is 0 Å². The van der Waals surface area contributed by atoms with Crippen LogP contribution in [0.15, 0.2) is 36.5 Å². The van der Waals surface area contributed by atoms with E-state index in [1.807, 2.05) is 36.5 Å². The van der Waals surface area contributed by atoms with Gasteiger partial charge in [-0.2, -0.15) is 0 Å². The van der Waals surface area contributed by atoms with Crippen molar-refractivity contribution in [3.8, 4) is 5.69 Å². The van der Waals surface area contributed by atoms with E-state index < -0.39 is 0 Å². The van der Waals surface area contributed by atoms with E-state index in [1.54, 1.807) is 4.68 Å². The summed E-state index contributed by atoms with van der Waals surface area (Å²) in [6.07, 6.45) is 2.88. The molecule has 0 amide bonds. The molecule has 90 valence electrons. The average molecular weight is 230 g/mol. The SMILES string of the molecule is CC(C)(CCN)c1cn(-c2ccccc2)nn1. The molecule has 1 aromatic heterocycles. The topological polar surface area (TPSA) is 56.7 Å². The van der Waals surface area contributed by atoms with Crippen LogP contribution in [0.2, 0.25) is 0 Å². The Morgan fingerprint density at radius 2 is 1.94 bits per heavy atom. The number of benzene rings is 1. The molecule has 1 heterocycles. The molecular weight excluding hydrogens is 212 g/mol. The van der Waals surface area contributed by atoms with Crippen LogP contribution in [-0.4, -0.2) is 21.5 Å². The Morgan fingerprint density at radius 3 is 2.59 bits per heavy atom. The summed E-state index contributed by atoms with van der Waals surface area (Å²) in [5.74, 6) is 0. The molecule has 0 unspecified atom stereocenters. The number of hydrogen-bond acceptors (Lipinski definition) is 3. The van der Waals surface area contributed by atoms with E-state index in [9.17, 15) is 0 Å². The van der Waals surface area contributed by atoms with Crippen LogP contribution in [0.1, 0.15) is 26.0 Å². The highest BCUT2D eigenvalue weighted by Gasteiger charge is 2.23. The molecule has 0 aliphatic heterocycles. The second-order valence-electron chi connectivity index (χ2n) is 4.81. The van der Waals surface area contributed by atoms with Crippen molar-refractivity contribution in [1.29, 1.82) is 0 Å². The average Bonchev–Trinajstić information content (AvgIpc) is 2.80. The summed E-state index contributed by atoms with van der Waals surface area (Å²) in [5, 5.41) is 8.40. The Morgan fingerprint density at radius 1 is 1.24 bits per heavy atom. The third kappa shape index (κ3) is 2.53. The van der Waals surface area contributed by atoms with Crippen molar-refractivity contribution in [2.75, 3.05) is 6.54 Å². The lowest BCUT2D eigenvalue weighted by molar-refractivity contribution is 0.472. The monoisotopic (exact) mass is 230 g/mol. The molecule has 2 N–H and O–H groups in total. The van der Waals surface area contributed by atoms with Gasteiger partial charge in [0.15, 0.2) is 0 Å². The molecule has 0 radical (unpaired) electrons. The fourth-order valence-electron chi connectivity index (χ4n) is 1.77. The van der Waals surface area contributed by atoms with E-state index in [-0.39, 0.29) is 5.41 Å². The predicted octanol–water partition coefficient (Wildman–Crippen LogP) is 1.89. The maximum atomic E-state index is 5.61. The van der Waals surface area contributed by atoms with Gasteiger partial charge in [0.05, 0.1) is 17.6 Å². The zero-order valence-corrected chi connectivity index (χ0v) is 10.3. The van der Waals surface area contributed by atoms with E-state index in [2.05, 4.69) is 24.2 Å². The minimum atomic E-state index is -0.0260. The summed E-state index contributed by atoms with van der Waals surface area (Å²) in [5.41, 5.74) is 7.59. The lowest BCUT2D eigenvalue weighted by atomic mass is 9.86. The van der Waals surface area contributed by atoms with Crippen molar-refractivity contribution in [3.63, 3.8) is 0 Å². The van der Waals surface area contributed by atoms with Crippen molar-refractivity contribution in [1.82, 2.24) is 15.0 Å². The smallest absolute Gasteiger partial charge is 0.0888 e. The van der Waals surface area contributed by atoms with Crippen LogP contribution >= 0.6 is 0 Å². The van der Waals surface area contributed by atoms with Gasteiger partial charge in [-0.3, -0.25) is 0 Å². The van der Waals surface area contributed by atoms with E-state index in [0.717, 1.165) is 17.8 Å². The van der Waals surface area contributed by atoms with Crippen molar-refractivity contribution in [2.45, 2.75) is 25.7 Å². The second kappa shape index (κ2) is 4.67. The van der Waals surface area contributed by atoms with Crippen LogP contribution in [0.5, 0.6) is 0 Å². The van der Waals surface area contributed by atoms with Gasteiger partial charge < -0.3 is 5.73 Å². The van der Waals surface area contributed by atoms with Gasteiger partial charge in [-0.1, -0.05) is 37.3 Å². The zero-order chi connectivity index (χ0) is 12.3. The molecule has 0 aliphatic carbocycles. The Labute approximate surface area is 101 Å². The van der Waals surface area contributed by atoms with Crippen molar-refractivity contribution in [3.05, 3.63) is 42.2 Å². The third-order valence-electron chi connectivity index (χ3n) is 2.98. The standard InChI is InChI=1S/C13H18N4/c1-13(2,8-9-14)12-10-17(16-15-12)11-6-4-3-5-7-11/h3-7,10H,8-9,14H2,1-2H3. The largest absolute Gasteiger partial charge is 0.330 e. The number of nitrogens with zero attached hydrogens (tertiary/aromatic N) is 3. The first-order valence-corrected chi connectivity index (χ1v) is 5.82. The molecule has 2 aromatic rings. The highest BCUT2D eigenvalue weighted by molar-refractivity contribution is 5.30. The molecule has 0 spiro atoms. The lowest BCUT2D eigenvalue weighted by Crippen LogP contribution is -2.22. The molecule has 0 saturated carbocycles. The van der Waals surface area contributed by atoms with Crippen molar-refractivity contribution >= 4 is 0 Å². The fourth-order valence-corrected chi connectivity index (χ4v) is 1.77. The third-order valence-corrected chi connectivity index (χ3v) is 2.98. The van der Waals surface area contributed by atoms with Crippen LogP contribution < -0.4 is 5.73 Å². The summed E-state index contributed by atoms with van der Waals surface area (Å²) < 4.78 is 1.80. The first kappa shape index (κ1) is 11.8. The first-order chi connectivity index (χ1) is 8.13. The normalized spacial score (nSPS) is 11.7. The van der Waals surface area contributed by atoms with Crippen molar-refractivity contribution < 1.29 is 0 Å². The van der Waals surface area contributed by atoms with Crippen LogP contribution in [0.3, 0.4) is 0 Å². The lowest BCUT2D eigenvalue weighted by Gasteiger charge is -2.20. The summed E-state index contributed by atoms with van der Waals surface area (Å²) in [7, 11) is 0. The zero-order valence-electron chi connectivity index (χ0n) is 10.3. The molecule has 0 saturated heterocycles. The molecule has 4 heteroatoms. The van der Waals surface area contributed by atoms with E-state index in [0.29, 0.717) is 6.54 Å². The summed E-state index contributed by atoms with van der Waals surface area (Å²) in [4.78, 5) is 0. The van der Waals surface area contributed by atoms with Gasteiger partial charge >= 0.3 is 0 Å². The number of nitrogens with two attached hydrogens (primary N) is 1. The van der Waals surface area contributed by atoms with Gasteiger partial charge in [-0.25, -0.2) is 4.68 Å². The Bertz CT molecular complexity index is 473. The quantitative estimate of drug-likeness (QED) is 0.872. The van der Waals surface area contributed by atoms with E-state index in [4.69, 9.17) is 5.73 Å². The van der Waals surface area contributed by atoms with Crippen LogP contribution in [-0.2, 0) is 5.41 Å². The highest BCUT2D eigenvalue weighted by atomic mass is 15.4. The molecule has 2 rings (SSSR count). The number of para-hydroxylation sites is 1. The summed E-state index contributed by atoms with van der Waals surface area (Å²) in [6, 6.07) is 9.98. The van der Waals surface area contributed by atoms with E-state index in [1.165, 1.54) is 0 Å².